The Bertz CT molecular complexity index is 2080. The standard InChI is InChI=1S/C33H24IN7O/c1-21-6-12-28(13-7-21)41-32-30(19-36-41)29(17-31(37-32)24-9-8-22-4-2-3-5-23(22)16-24)33(42)35-18-26-20-40(39-38-26)27-14-10-25(34)11-15-27/h2-17,19-20H,18H2,1H3,(H,35,42). The second-order valence-corrected chi connectivity index (χ2v) is 11.3. The molecule has 204 valence electrons. The highest BCUT2D eigenvalue weighted by atomic mass is 127. The Hall–Kier alpha value is -4.90. The van der Waals surface area contributed by atoms with E-state index in [1.54, 1.807) is 15.6 Å². The van der Waals surface area contributed by atoms with Crippen LogP contribution >= 0.6 is 22.6 Å². The molecule has 9 heteroatoms. The quantitative estimate of drug-likeness (QED) is 0.201. The Morgan fingerprint density at radius 3 is 2.45 bits per heavy atom. The molecule has 0 radical (unpaired) electrons. The number of amides is 1. The zero-order valence-corrected chi connectivity index (χ0v) is 24.7. The molecule has 3 aromatic heterocycles. The first kappa shape index (κ1) is 26.0. The van der Waals surface area contributed by atoms with Crippen LogP contribution in [-0.4, -0.2) is 35.7 Å². The first-order valence-corrected chi connectivity index (χ1v) is 14.5. The van der Waals surface area contributed by atoms with Gasteiger partial charge in [0.15, 0.2) is 5.65 Å². The topological polar surface area (TPSA) is 90.5 Å². The molecule has 0 fully saturated rings. The number of aromatic nitrogens is 6. The monoisotopic (exact) mass is 661 g/mol. The lowest BCUT2D eigenvalue weighted by Gasteiger charge is -2.10. The van der Waals surface area contributed by atoms with Crippen LogP contribution in [0.1, 0.15) is 21.6 Å². The van der Waals surface area contributed by atoms with Crippen molar-refractivity contribution >= 4 is 50.3 Å². The summed E-state index contributed by atoms with van der Waals surface area (Å²) in [7, 11) is 0. The molecule has 0 saturated heterocycles. The van der Waals surface area contributed by atoms with Crippen LogP contribution in [0.3, 0.4) is 0 Å². The molecule has 4 aromatic carbocycles. The molecule has 42 heavy (non-hydrogen) atoms. The summed E-state index contributed by atoms with van der Waals surface area (Å²) in [5.41, 5.74) is 6.29. The van der Waals surface area contributed by atoms with E-state index in [4.69, 9.17) is 4.98 Å². The Balaban J connectivity index is 1.26. The SMILES string of the molecule is Cc1ccc(-n2ncc3c(C(=O)NCc4cn(-c5ccc(I)cc5)nn4)cc(-c4ccc5ccccc5c4)nc32)cc1. The van der Waals surface area contributed by atoms with E-state index >= 15 is 0 Å². The third-order valence-corrected chi connectivity index (χ3v) is 7.89. The molecule has 7 aromatic rings. The average Bonchev–Trinajstić information content (AvgIpc) is 3.68. The van der Waals surface area contributed by atoms with Crippen LogP contribution < -0.4 is 5.32 Å². The van der Waals surface area contributed by atoms with Crippen LogP contribution in [0.5, 0.6) is 0 Å². The number of carbonyl (C=O) groups is 1. The third-order valence-electron chi connectivity index (χ3n) is 7.17. The molecule has 0 aliphatic carbocycles. The van der Waals surface area contributed by atoms with E-state index in [0.717, 1.165) is 36.8 Å². The van der Waals surface area contributed by atoms with Crippen LogP contribution in [-0.2, 0) is 6.54 Å². The van der Waals surface area contributed by atoms with Gasteiger partial charge in [-0.3, -0.25) is 4.79 Å². The van der Waals surface area contributed by atoms with Crippen molar-refractivity contribution in [2.75, 3.05) is 0 Å². The largest absolute Gasteiger partial charge is 0.346 e. The molecule has 0 atom stereocenters. The number of hydrogen-bond donors (Lipinski definition) is 1. The number of rotatable bonds is 6. The van der Waals surface area contributed by atoms with E-state index in [1.165, 1.54) is 0 Å². The third kappa shape index (κ3) is 5.03. The minimum atomic E-state index is -0.239. The van der Waals surface area contributed by atoms with Crippen LogP contribution in [0.15, 0.2) is 109 Å². The van der Waals surface area contributed by atoms with Gasteiger partial charge in [-0.15, -0.1) is 5.10 Å². The molecule has 8 nitrogen and oxygen atoms in total. The van der Waals surface area contributed by atoms with Crippen molar-refractivity contribution < 1.29 is 4.79 Å². The van der Waals surface area contributed by atoms with Gasteiger partial charge in [0.05, 0.1) is 47.0 Å². The number of hydrogen-bond acceptors (Lipinski definition) is 5. The molecule has 0 saturated carbocycles. The summed E-state index contributed by atoms with van der Waals surface area (Å²) in [6.45, 7) is 2.27. The summed E-state index contributed by atoms with van der Waals surface area (Å²) < 4.78 is 4.62. The van der Waals surface area contributed by atoms with Crippen molar-refractivity contribution in [1.82, 2.24) is 35.1 Å². The van der Waals surface area contributed by atoms with Crippen molar-refractivity contribution in [2.45, 2.75) is 13.5 Å². The van der Waals surface area contributed by atoms with Gasteiger partial charge in [0.1, 0.15) is 5.69 Å². The molecule has 1 amide bonds. The molecule has 0 aliphatic rings. The van der Waals surface area contributed by atoms with Gasteiger partial charge < -0.3 is 5.32 Å². The zero-order chi connectivity index (χ0) is 28.6. The lowest BCUT2D eigenvalue weighted by Crippen LogP contribution is -2.23. The molecule has 3 heterocycles. The Labute approximate surface area is 255 Å². The summed E-state index contributed by atoms with van der Waals surface area (Å²) in [4.78, 5) is 18.7. The lowest BCUT2D eigenvalue weighted by molar-refractivity contribution is 0.0952. The summed E-state index contributed by atoms with van der Waals surface area (Å²) in [5, 5.41) is 19.1. The van der Waals surface area contributed by atoms with Gasteiger partial charge in [-0.1, -0.05) is 59.3 Å². The maximum Gasteiger partial charge on any atom is 0.252 e. The van der Waals surface area contributed by atoms with E-state index in [-0.39, 0.29) is 12.5 Å². The van der Waals surface area contributed by atoms with E-state index in [9.17, 15) is 4.79 Å². The van der Waals surface area contributed by atoms with Crippen LogP contribution in [0.2, 0.25) is 0 Å². The predicted molar refractivity (Wildman–Crippen MR) is 172 cm³/mol. The van der Waals surface area contributed by atoms with Gasteiger partial charge in [0.25, 0.3) is 5.91 Å². The first-order valence-electron chi connectivity index (χ1n) is 13.4. The number of nitrogens with zero attached hydrogens (tertiary/aromatic N) is 6. The van der Waals surface area contributed by atoms with Crippen LogP contribution in [0.4, 0.5) is 0 Å². The number of nitrogens with one attached hydrogen (secondary N) is 1. The van der Waals surface area contributed by atoms with E-state index in [1.807, 2.05) is 85.9 Å². The molecule has 0 aliphatic heterocycles. The fourth-order valence-electron chi connectivity index (χ4n) is 4.93. The van der Waals surface area contributed by atoms with Crippen molar-refractivity contribution in [3.63, 3.8) is 0 Å². The number of carbonyl (C=O) groups excluding carboxylic acids is 1. The molecule has 0 unspecified atom stereocenters. The number of aryl methyl sites for hydroxylation is 1. The van der Waals surface area contributed by atoms with E-state index in [2.05, 4.69) is 67.6 Å². The molecular weight excluding hydrogens is 637 g/mol. The van der Waals surface area contributed by atoms with Gasteiger partial charge in [-0.25, -0.2) is 14.3 Å². The first-order chi connectivity index (χ1) is 20.5. The van der Waals surface area contributed by atoms with Gasteiger partial charge in [-0.05, 0) is 88.8 Å². The number of halogens is 1. The Kier molecular flexibility index (Phi) is 6.71. The van der Waals surface area contributed by atoms with E-state index in [0.29, 0.717) is 28.0 Å². The van der Waals surface area contributed by atoms with Crippen LogP contribution in [0, 0.1) is 10.5 Å². The average molecular weight is 662 g/mol. The zero-order valence-electron chi connectivity index (χ0n) is 22.6. The summed E-state index contributed by atoms with van der Waals surface area (Å²) in [6.07, 6.45) is 3.52. The Morgan fingerprint density at radius 2 is 1.64 bits per heavy atom. The van der Waals surface area contributed by atoms with Crippen molar-refractivity contribution in [3.05, 3.63) is 130 Å². The second-order valence-electron chi connectivity index (χ2n) is 10.1. The summed E-state index contributed by atoms with van der Waals surface area (Å²) in [6, 6.07) is 32.3. The van der Waals surface area contributed by atoms with Gasteiger partial charge in [0, 0.05) is 9.13 Å². The van der Waals surface area contributed by atoms with Gasteiger partial charge in [0.2, 0.25) is 0 Å². The molecular formula is C33H24IN7O. The number of benzene rings is 4. The van der Waals surface area contributed by atoms with Gasteiger partial charge in [-0.2, -0.15) is 5.10 Å². The fraction of sp³-hybridized carbons (Fsp3) is 0.0606. The fourth-order valence-corrected chi connectivity index (χ4v) is 5.28. The molecule has 7 rings (SSSR count). The lowest BCUT2D eigenvalue weighted by atomic mass is 10.0. The second kappa shape index (κ2) is 10.8. The van der Waals surface area contributed by atoms with Crippen molar-refractivity contribution in [3.8, 4) is 22.6 Å². The summed E-state index contributed by atoms with van der Waals surface area (Å²) >= 11 is 2.27. The minimum absolute atomic E-state index is 0.227. The van der Waals surface area contributed by atoms with Gasteiger partial charge >= 0.3 is 0 Å². The van der Waals surface area contributed by atoms with Crippen molar-refractivity contribution in [1.29, 1.82) is 0 Å². The summed E-state index contributed by atoms with van der Waals surface area (Å²) in [5.74, 6) is -0.239. The van der Waals surface area contributed by atoms with E-state index < -0.39 is 0 Å². The highest BCUT2D eigenvalue weighted by Gasteiger charge is 2.19. The number of fused-ring (bicyclic) bond motifs is 2. The smallest absolute Gasteiger partial charge is 0.252 e. The number of pyridine rings is 1. The normalized spacial score (nSPS) is 11.3. The molecule has 0 spiro atoms. The Morgan fingerprint density at radius 1 is 0.881 bits per heavy atom. The maximum absolute atomic E-state index is 13.7. The minimum Gasteiger partial charge on any atom is -0.346 e. The predicted octanol–water partition coefficient (Wildman–Crippen LogP) is 6.66. The molecule has 0 bridgehead atoms. The van der Waals surface area contributed by atoms with Crippen LogP contribution in [0.25, 0.3) is 44.4 Å². The van der Waals surface area contributed by atoms with Crippen molar-refractivity contribution in [2.24, 2.45) is 0 Å². The highest BCUT2D eigenvalue weighted by Crippen LogP contribution is 2.29. The maximum atomic E-state index is 13.7. The highest BCUT2D eigenvalue weighted by molar-refractivity contribution is 14.1. The molecule has 1 N–H and O–H groups in total.